The van der Waals surface area contributed by atoms with Crippen molar-refractivity contribution in [3.63, 3.8) is 0 Å². The van der Waals surface area contributed by atoms with E-state index in [1.165, 1.54) is 35.4 Å². The Morgan fingerprint density at radius 3 is 2.09 bits per heavy atom. The second-order valence-electron chi connectivity index (χ2n) is 7.45. The quantitative estimate of drug-likeness (QED) is 0.635. The van der Waals surface area contributed by atoms with Crippen molar-refractivity contribution in [1.29, 1.82) is 0 Å². The largest absolute Gasteiger partial charge is 0.507 e. The van der Waals surface area contributed by atoms with Gasteiger partial charge in [-0.3, -0.25) is 9.59 Å². The van der Waals surface area contributed by atoms with Gasteiger partial charge in [0, 0.05) is 31.7 Å². The van der Waals surface area contributed by atoms with Crippen molar-refractivity contribution in [3.05, 3.63) is 83.8 Å². The summed E-state index contributed by atoms with van der Waals surface area (Å²) in [5.74, 6) is -1.16. The first-order valence-electron chi connectivity index (χ1n) is 10.1. The summed E-state index contributed by atoms with van der Waals surface area (Å²) in [7, 11) is -3.63. The Kier molecular flexibility index (Phi) is 6.00. The zero-order valence-electron chi connectivity index (χ0n) is 17.2. The third-order valence-corrected chi connectivity index (χ3v) is 7.06. The third kappa shape index (κ3) is 4.38. The molecule has 0 spiro atoms. The Labute approximate surface area is 185 Å². The minimum absolute atomic E-state index is 0.00927. The van der Waals surface area contributed by atoms with E-state index >= 15 is 0 Å². The van der Waals surface area contributed by atoms with Crippen LogP contribution in [0.5, 0.6) is 5.75 Å². The second kappa shape index (κ2) is 8.88. The van der Waals surface area contributed by atoms with Crippen molar-refractivity contribution in [2.75, 3.05) is 26.2 Å². The first kappa shape index (κ1) is 21.6. The Hall–Kier alpha value is -3.59. The fourth-order valence-electron chi connectivity index (χ4n) is 3.63. The molecule has 0 saturated carbocycles. The van der Waals surface area contributed by atoms with Gasteiger partial charge in [-0.1, -0.05) is 30.3 Å². The molecule has 3 aromatic rings. The number of hydrogen-bond acceptors (Lipinski definition) is 6. The number of amides is 2. The number of hydrogen-bond donors (Lipinski definition) is 1. The van der Waals surface area contributed by atoms with Crippen LogP contribution in [0.1, 0.15) is 26.5 Å². The topological polar surface area (TPSA) is 108 Å². The molecule has 0 aliphatic carbocycles. The monoisotopic (exact) mass is 454 g/mol. The summed E-state index contributed by atoms with van der Waals surface area (Å²) in [4.78, 5) is 28.9. The molecule has 0 unspecified atom stereocenters. The molecule has 1 saturated heterocycles. The van der Waals surface area contributed by atoms with Crippen LogP contribution in [0.4, 0.5) is 0 Å². The van der Waals surface area contributed by atoms with Gasteiger partial charge >= 0.3 is 0 Å². The number of carbonyl (C=O) groups is 2. The molecular weight excluding hydrogens is 432 g/mol. The molecular formula is C23H22N2O6S. The Morgan fingerprint density at radius 2 is 1.44 bits per heavy atom. The van der Waals surface area contributed by atoms with Gasteiger partial charge < -0.3 is 19.3 Å². The van der Waals surface area contributed by atoms with Crippen LogP contribution < -0.4 is 0 Å². The number of sulfone groups is 1. The van der Waals surface area contributed by atoms with E-state index in [0.717, 1.165) is 0 Å². The highest BCUT2D eigenvalue weighted by Gasteiger charge is 2.30. The van der Waals surface area contributed by atoms with Crippen molar-refractivity contribution in [2.24, 2.45) is 0 Å². The predicted molar refractivity (Wildman–Crippen MR) is 116 cm³/mol. The number of carbonyl (C=O) groups excluding carboxylic acids is 2. The standard InChI is InChI=1S/C23H22N2O6S/c26-20-9-5-4-8-19(20)22(27)24-11-13-25(14-12-24)23(28)21-17(10-15-31-21)16-32(29,30)18-6-2-1-3-7-18/h1-10,15,26H,11-14,16H2. The Morgan fingerprint density at radius 1 is 0.844 bits per heavy atom. The summed E-state index contributed by atoms with van der Waals surface area (Å²) in [6, 6.07) is 15.9. The first-order valence-corrected chi connectivity index (χ1v) is 11.7. The molecule has 0 atom stereocenters. The van der Waals surface area contributed by atoms with Gasteiger partial charge in [0.25, 0.3) is 11.8 Å². The lowest BCUT2D eigenvalue weighted by atomic mass is 10.1. The zero-order valence-corrected chi connectivity index (χ0v) is 18.0. The van der Waals surface area contributed by atoms with Gasteiger partial charge in [-0.25, -0.2) is 8.42 Å². The van der Waals surface area contributed by atoms with Gasteiger partial charge in [-0.05, 0) is 30.3 Å². The van der Waals surface area contributed by atoms with Crippen molar-refractivity contribution >= 4 is 21.7 Å². The summed E-state index contributed by atoms with van der Waals surface area (Å²) >= 11 is 0. The smallest absolute Gasteiger partial charge is 0.289 e. The molecule has 4 rings (SSSR count). The van der Waals surface area contributed by atoms with Gasteiger partial charge in [0.1, 0.15) is 5.75 Å². The molecule has 8 nitrogen and oxygen atoms in total. The van der Waals surface area contributed by atoms with Crippen LogP contribution in [0.2, 0.25) is 0 Å². The number of benzene rings is 2. The van der Waals surface area contributed by atoms with E-state index in [9.17, 15) is 23.1 Å². The maximum atomic E-state index is 13.0. The SMILES string of the molecule is O=C(c1ccccc1O)N1CCN(C(=O)c2occc2CS(=O)(=O)c2ccccc2)CC1. The normalized spacial score (nSPS) is 14.4. The number of para-hydroxylation sites is 1. The Balaban J connectivity index is 1.43. The van der Waals surface area contributed by atoms with Gasteiger partial charge in [0.15, 0.2) is 15.6 Å². The molecule has 2 heterocycles. The molecule has 32 heavy (non-hydrogen) atoms. The second-order valence-corrected chi connectivity index (χ2v) is 9.44. The predicted octanol–water partition coefficient (Wildman–Crippen LogP) is 2.56. The molecule has 9 heteroatoms. The molecule has 0 radical (unpaired) electrons. The highest BCUT2D eigenvalue weighted by molar-refractivity contribution is 7.90. The highest BCUT2D eigenvalue weighted by Crippen LogP contribution is 2.23. The maximum absolute atomic E-state index is 13.0. The molecule has 1 fully saturated rings. The van der Waals surface area contributed by atoms with Crippen LogP contribution in [-0.4, -0.2) is 61.3 Å². The number of piperazine rings is 1. The van der Waals surface area contributed by atoms with Crippen LogP contribution in [-0.2, 0) is 15.6 Å². The van der Waals surface area contributed by atoms with Crippen LogP contribution in [0, 0.1) is 0 Å². The van der Waals surface area contributed by atoms with E-state index in [2.05, 4.69) is 0 Å². The van der Waals surface area contributed by atoms with Crippen molar-refractivity contribution in [2.45, 2.75) is 10.6 Å². The van der Waals surface area contributed by atoms with Gasteiger partial charge in [0.05, 0.1) is 22.5 Å². The Bertz CT molecular complexity index is 1230. The third-order valence-electron chi connectivity index (χ3n) is 5.38. The average molecular weight is 455 g/mol. The number of phenolic OH excluding ortho intramolecular Hbond substituents is 1. The van der Waals surface area contributed by atoms with Crippen LogP contribution in [0.15, 0.2) is 76.2 Å². The highest BCUT2D eigenvalue weighted by atomic mass is 32.2. The number of nitrogens with zero attached hydrogens (tertiary/aromatic N) is 2. The molecule has 1 aromatic heterocycles. The zero-order chi connectivity index (χ0) is 22.7. The lowest BCUT2D eigenvalue weighted by Gasteiger charge is -2.34. The lowest BCUT2D eigenvalue weighted by Crippen LogP contribution is -2.50. The average Bonchev–Trinajstić information content (AvgIpc) is 3.26. The van der Waals surface area contributed by atoms with Crippen LogP contribution in [0.25, 0.3) is 0 Å². The molecule has 1 N–H and O–H groups in total. The fourth-order valence-corrected chi connectivity index (χ4v) is 5.01. The summed E-state index contributed by atoms with van der Waals surface area (Å²) in [5, 5.41) is 9.91. The maximum Gasteiger partial charge on any atom is 0.289 e. The van der Waals surface area contributed by atoms with Crippen LogP contribution >= 0.6 is 0 Å². The van der Waals surface area contributed by atoms with Gasteiger partial charge in [-0.15, -0.1) is 0 Å². The molecule has 2 amide bonds. The van der Waals surface area contributed by atoms with E-state index in [-0.39, 0.29) is 59.8 Å². The summed E-state index contributed by atoms with van der Waals surface area (Å²) < 4.78 is 30.8. The molecule has 1 aliphatic heterocycles. The summed E-state index contributed by atoms with van der Waals surface area (Å²) in [6.45, 7) is 1.11. The van der Waals surface area contributed by atoms with E-state index in [4.69, 9.17) is 4.42 Å². The van der Waals surface area contributed by atoms with Gasteiger partial charge in [0.2, 0.25) is 0 Å². The first-order chi connectivity index (χ1) is 15.4. The van der Waals surface area contributed by atoms with Crippen LogP contribution in [0.3, 0.4) is 0 Å². The van der Waals surface area contributed by atoms with E-state index in [1.54, 1.807) is 41.3 Å². The number of furan rings is 1. The van der Waals surface area contributed by atoms with E-state index < -0.39 is 15.7 Å². The fraction of sp³-hybridized carbons (Fsp3) is 0.217. The molecule has 2 aromatic carbocycles. The lowest BCUT2D eigenvalue weighted by molar-refractivity contribution is 0.0515. The number of rotatable bonds is 5. The summed E-state index contributed by atoms with van der Waals surface area (Å²) in [6.07, 6.45) is 1.31. The minimum Gasteiger partial charge on any atom is -0.507 e. The minimum atomic E-state index is -3.63. The van der Waals surface area contributed by atoms with Crippen molar-refractivity contribution in [1.82, 2.24) is 9.80 Å². The molecule has 1 aliphatic rings. The number of aromatic hydroxyl groups is 1. The van der Waals surface area contributed by atoms with E-state index in [0.29, 0.717) is 5.56 Å². The summed E-state index contributed by atoms with van der Waals surface area (Å²) in [5.41, 5.74) is 0.512. The van der Waals surface area contributed by atoms with Crippen molar-refractivity contribution in [3.8, 4) is 5.75 Å². The molecule has 166 valence electrons. The van der Waals surface area contributed by atoms with Crippen molar-refractivity contribution < 1.29 is 27.5 Å². The number of phenols is 1. The molecule has 0 bridgehead atoms. The van der Waals surface area contributed by atoms with E-state index in [1.807, 2.05) is 0 Å². The van der Waals surface area contributed by atoms with Gasteiger partial charge in [-0.2, -0.15) is 0 Å².